The number of carbonyl (C=O) groups is 2. The van der Waals surface area contributed by atoms with Crippen LogP contribution < -0.4 is 5.32 Å². The molecule has 2 atom stereocenters. The molecule has 0 spiro atoms. The zero-order valence-corrected chi connectivity index (χ0v) is 13.4. The van der Waals surface area contributed by atoms with Gasteiger partial charge in [-0.15, -0.1) is 0 Å². The first-order valence-corrected chi connectivity index (χ1v) is 7.58. The molecule has 0 bridgehead atoms. The van der Waals surface area contributed by atoms with Crippen molar-refractivity contribution in [3.8, 4) is 0 Å². The molecule has 2 unspecified atom stereocenters. The van der Waals surface area contributed by atoms with Crippen LogP contribution >= 0.6 is 0 Å². The van der Waals surface area contributed by atoms with E-state index >= 15 is 0 Å². The van der Waals surface area contributed by atoms with Crippen LogP contribution in [-0.2, 0) is 16.6 Å². The molecule has 0 aromatic heterocycles. The number of β-amino-alcohol motifs (C(OH)–C–C–N with tert-alkyl or cyclic N) is 1. The van der Waals surface area contributed by atoms with Crippen molar-refractivity contribution in [2.45, 2.75) is 44.5 Å². The van der Waals surface area contributed by atoms with Crippen LogP contribution in [0.15, 0.2) is 24.3 Å². The van der Waals surface area contributed by atoms with Gasteiger partial charge in [-0.2, -0.15) is 13.2 Å². The smallest absolute Gasteiger partial charge is 0.384 e. The van der Waals surface area contributed by atoms with Crippen LogP contribution in [0.1, 0.15) is 37.8 Å². The van der Waals surface area contributed by atoms with E-state index in [0.29, 0.717) is 12.8 Å². The Morgan fingerprint density at radius 2 is 1.88 bits per heavy atom. The van der Waals surface area contributed by atoms with Crippen LogP contribution in [-0.4, -0.2) is 34.5 Å². The monoisotopic (exact) mass is 344 g/mol. The lowest BCUT2D eigenvalue weighted by atomic mass is 9.93. The molecule has 1 aromatic carbocycles. The first kappa shape index (κ1) is 18.3. The highest BCUT2D eigenvalue weighted by molar-refractivity contribution is 6.04. The third-order valence-corrected chi connectivity index (χ3v) is 3.96. The molecule has 1 aliphatic rings. The average molecular weight is 344 g/mol. The van der Waals surface area contributed by atoms with Crippen molar-refractivity contribution in [1.29, 1.82) is 0 Å². The molecule has 5 nitrogen and oxygen atoms in total. The van der Waals surface area contributed by atoms with Crippen molar-refractivity contribution in [3.05, 3.63) is 35.4 Å². The van der Waals surface area contributed by atoms with Crippen LogP contribution in [0.3, 0.4) is 0 Å². The molecular weight excluding hydrogens is 325 g/mol. The van der Waals surface area contributed by atoms with Crippen molar-refractivity contribution < 1.29 is 27.9 Å². The third kappa shape index (κ3) is 3.69. The predicted molar refractivity (Wildman–Crippen MR) is 80.0 cm³/mol. The van der Waals surface area contributed by atoms with Gasteiger partial charge in [-0.3, -0.25) is 9.69 Å². The Hall–Kier alpha value is -2.09. The lowest BCUT2D eigenvalue weighted by Gasteiger charge is -2.28. The zero-order valence-electron chi connectivity index (χ0n) is 13.4. The molecule has 2 rings (SSSR count). The molecule has 1 fully saturated rings. The van der Waals surface area contributed by atoms with Crippen molar-refractivity contribution >= 4 is 11.9 Å². The SMILES string of the molecule is CCCC1NC(=O)N(CC(C)(O)c2cccc(C(F)(F)F)c2)C1=O. The van der Waals surface area contributed by atoms with Gasteiger partial charge in [0.15, 0.2) is 0 Å². The summed E-state index contributed by atoms with van der Waals surface area (Å²) in [7, 11) is 0. The lowest BCUT2D eigenvalue weighted by molar-refractivity contribution is -0.138. The first-order valence-electron chi connectivity index (χ1n) is 7.58. The summed E-state index contributed by atoms with van der Waals surface area (Å²) in [5.41, 5.74) is -2.71. The van der Waals surface area contributed by atoms with Crippen LogP contribution in [0.5, 0.6) is 0 Å². The van der Waals surface area contributed by atoms with Crippen molar-refractivity contribution in [2.24, 2.45) is 0 Å². The molecule has 0 radical (unpaired) electrons. The van der Waals surface area contributed by atoms with E-state index in [-0.39, 0.29) is 5.56 Å². The second-order valence-electron chi connectivity index (χ2n) is 6.07. The molecule has 8 heteroatoms. The van der Waals surface area contributed by atoms with Gasteiger partial charge in [0, 0.05) is 0 Å². The molecule has 1 heterocycles. The number of hydrogen-bond acceptors (Lipinski definition) is 3. The van der Waals surface area contributed by atoms with Gasteiger partial charge in [0.1, 0.15) is 11.6 Å². The number of nitrogens with one attached hydrogen (secondary N) is 1. The number of nitrogens with zero attached hydrogens (tertiary/aromatic N) is 1. The highest BCUT2D eigenvalue weighted by Gasteiger charge is 2.41. The topological polar surface area (TPSA) is 69.6 Å². The summed E-state index contributed by atoms with van der Waals surface area (Å²) in [4.78, 5) is 24.9. The molecule has 1 saturated heterocycles. The van der Waals surface area contributed by atoms with E-state index in [0.717, 1.165) is 17.0 Å². The summed E-state index contributed by atoms with van der Waals surface area (Å²) in [6, 6.07) is 2.92. The molecule has 0 saturated carbocycles. The second-order valence-corrected chi connectivity index (χ2v) is 6.07. The fraction of sp³-hybridized carbons (Fsp3) is 0.500. The average Bonchev–Trinajstić information content (AvgIpc) is 2.74. The van der Waals surface area contributed by atoms with E-state index in [1.807, 2.05) is 6.92 Å². The summed E-state index contributed by atoms with van der Waals surface area (Å²) in [5, 5.41) is 13.1. The maximum Gasteiger partial charge on any atom is 0.416 e. The van der Waals surface area contributed by atoms with Crippen molar-refractivity contribution in [3.63, 3.8) is 0 Å². The largest absolute Gasteiger partial charge is 0.416 e. The van der Waals surface area contributed by atoms with E-state index in [1.165, 1.54) is 19.1 Å². The number of carbonyl (C=O) groups excluding carboxylic acids is 2. The van der Waals surface area contributed by atoms with E-state index in [1.54, 1.807) is 0 Å². The molecular formula is C16H19F3N2O3. The minimum Gasteiger partial charge on any atom is -0.384 e. The number of hydrogen-bond donors (Lipinski definition) is 2. The highest BCUT2D eigenvalue weighted by Crippen LogP contribution is 2.32. The molecule has 0 aliphatic carbocycles. The number of benzene rings is 1. The quantitative estimate of drug-likeness (QED) is 0.807. The summed E-state index contributed by atoms with van der Waals surface area (Å²) < 4.78 is 38.4. The van der Waals surface area contributed by atoms with Crippen LogP contribution in [0.4, 0.5) is 18.0 Å². The van der Waals surface area contributed by atoms with E-state index in [2.05, 4.69) is 5.32 Å². The Balaban J connectivity index is 2.22. The van der Waals surface area contributed by atoms with Gasteiger partial charge in [-0.05, 0) is 31.0 Å². The number of aliphatic hydroxyl groups is 1. The van der Waals surface area contributed by atoms with Gasteiger partial charge in [0.2, 0.25) is 0 Å². The van der Waals surface area contributed by atoms with Crippen LogP contribution in [0, 0.1) is 0 Å². The van der Waals surface area contributed by atoms with E-state index in [4.69, 9.17) is 0 Å². The Morgan fingerprint density at radius 1 is 1.25 bits per heavy atom. The fourth-order valence-electron chi connectivity index (χ4n) is 2.64. The van der Waals surface area contributed by atoms with Gasteiger partial charge >= 0.3 is 12.2 Å². The normalized spacial score (nSPS) is 20.9. The van der Waals surface area contributed by atoms with Gasteiger partial charge in [0.05, 0.1) is 12.1 Å². The molecule has 3 amide bonds. The van der Waals surface area contributed by atoms with Crippen LogP contribution in [0.25, 0.3) is 0 Å². The number of alkyl halides is 3. The molecule has 132 valence electrons. The maximum absolute atomic E-state index is 12.8. The number of imide groups is 1. The van der Waals surface area contributed by atoms with Gasteiger partial charge < -0.3 is 10.4 Å². The summed E-state index contributed by atoms with van der Waals surface area (Å²) in [6.07, 6.45) is -3.39. The maximum atomic E-state index is 12.8. The highest BCUT2D eigenvalue weighted by atomic mass is 19.4. The Morgan fingerprint density at radius 3 is 2.46 bits per heavy atom. The van der Waals surface area contributed by atoms with Gasteiger partial charge in [-0.1, -0.05) is 25.5 Å². The Bertz CT molecular complexity index is 644. The number of urea groups is 1. The predicted octanol–water partition coefficient (Wildman–Crippen LogP) is 2.63. The van der Waals surface area contributed by atoms with E-state index < -0.39 is 41.9 Å². The van der Waals surface area contributed by atoms with Crippen molar-refractivity contribution in [2.75, 3.05) is 6.54 Å². The zero-order chi connectivity index (χ0) is 18.1. The summed E-state index contributed by atoms with van der Waals surface area (Å²) >= 11 is 0. The lowest BCUT2D eigenvalue weighted by Crippen LogP contribution is -2.43. The summed E-state index contributed by atoms with van der Waals surface area (Å²) in [5.74, 6) is -0.478. The number of halogens is 3. The van der Waals surface area contributed by atoms with E-state index in [9.17, 15) is 27.9 Å². The van der Waals surface area contributed by atoms with Gasteiger partial charge in [0.25, 0.3) is 5.91 Å². The Kier molecular flexibility index (Phi) is 4.89. The van der Waals surface area contributed by atoms with Crippen molar-refractivity contribution in [1.82, 2.24) is 10.2 Å². The number of rotatable bonds is 5. The molecule has 1 aliphatic heterocycles. The number of amides is 3. The summed E-state index contributed by atoms with van der Waals surface area (Å²) in [6.45, 7) is 2.72. The first-order chi connectivity index (χ1) is 11.1. The third-order valence-electron chi connectivity index (χ3n) is 3.96. The van der Waals surface area contributed by atoms with Gasteiger partial charge in [-0.25, -0.2) is 4.79 Å². The minimum absolute atomic E-state index is 0.0168. The second kappa shape index (κ2) is 6.43. The van der Waals surface area contributed by atoms with Crippen LogP contribution in [0.2, 0.25) is 0 Å². The minimum atomic E-state index is -4.54. The fourth-order valence-corrected chi connectivity index (χ4v) is 2.64. The molecule has 1 aromatic rings. The Labute approximate surface area is 137 Å². The molecule has 2 N–H and O–H groups in total. The molecule has 24 heavy (non-hydrogen) atoms. The standard InChI is InChI=1S/C16H19F3N2O3/c1-3-5-12-13(22)21(14(23)20-12)9-15(2,24)10-6-4-7-11(8-10)16(17,18)19/h4,6-8,12,24H,3,5,9H2,1-2H3,(H,20,23).